The van der Waals surface area contributed by atoms with Gasteiger partial charge in [-0.3, -0.25) is 4.79 Å². The third-order valence-electron chi connectivity index (χ3n) is 3.42. The van der Waals surface area contributed by atoms with E-state index >= 15 is 0 Å². The zero-order chi connectivity index (χ0) is 14.3. The quantitative estimate of drug-likeness (QED) is 0.731. The summed E-state index contributed by atoms with van der Waals surface area (Å²) < 4.78 is 5.26. The van der Waals surface area contributed by atoms with Crippen LogP contribution in [0.3, 0.4) is 0 Å². The minimum atomic E-state index is -0.455. The number of primary amides is 1. The largest absolute Gasteiger partial charge is 0.484 e. The second kappa shape index (κ2) is 7.17. The van der Waals surface area contributed by atoms with Gasteiger partial charge in [0.1, 0.15) is 5.75 Å². The lowest BCUT2D eigenvalue weighted by Crippen LogP contribution is -2.20. The fourth-order valence-electron chi connectivity index (χ4n) is 2.12. The molecule has 0 bridgehead atoms. The van der Waals surface area contributed by atoms with Gasteiger partial charge in [0.05, 0.1) is 0 Å². The van der Waals surface area contributed by atoms with E-state index < -0.39 is 5.91 Å². The molecule has 0 atom stereocenters. The summed E-state index contributed by atoms with van der Waals surface area (Å²) in [7, 11) is 0. The second-order valence-electron chi connectivity index (χ2n) is 5.62. The van der Waals surface area contributed by atoms with Crippen molar-refractivity contribution in [1.82, 2.24) is 0 Å². The van der Waals surface area contributed by atoms with E-state index in [9.17, 15) is 4.79 Å². The maximum atomic E-state index is 10.6. The van der Waals surface area contributed by atoms with Crippen LogP contribution in [-0.2, 0) is 10.2 Å². The molecule has 1 rings (SSSR count). The predicted octanol–water partition coefficient (Wildman–Crippen LogP) is 3.41. The Morgan fingerprint density at radius 1 is 1.21 bits per heavy atom. The summed E-state index contributed by atoms with van der Waals surface area (Å²) in [5, 5.41) is 0. The molecule has 3 nitrogen and oxygen atoms in total. The molecular formula is C16H25NO2. The van der Waals surface area contributed by atoms with Crippen molar-refractivity contribution in [3.8, 4) is 5.75 Å². The number of unbranched alkanes of at least 4 members (excludes halogenated alkanes) is 2. The molecule has 0 aliphatic heterocycles. The summed E-state index contributed by atoms with van der Waals surface area (Å²) in [4.78, 5) is 10.6. The van der Waals surface area contributed by atoms with E-state index in [1.54, 1.807) is 0 Å². The molecule has 19 heavy (non-hydrogen) atoms. The zero-order valence-electron chi connectivity index (χ0n) is 12.2. The Morgan fingerprint density at radius 2 is 1.84 bits per heavy atom. The zero-order valence-corrected chi connectivity index (χ0v) is 12.2. The lowest BCUT2D eigenvalue weighted by molar-refractivity contribution is -0.119. The van der Waals surface area contributed by atoms with Gasteiger partial charge >= 0.3 is 0 Å². The molecule has 0 aliphatic carbocycles. The van der Waals surface area contributed by atoms with E-state index in [2.05, 4.69) is 32.9 Å². The molecule has 0 saturated heterocycles. The first kappa shape index (κ1) is 15.5. The highest BCUT2D eigenvalue weighted by atomic mass is 16.5. The van der Waals surface area contributed by atoms with Gasteiger partial charge in [-0.15, -0.1) is 0 Å². The fourth-order valence-corrected chi connectivity index (χ4v) is 2.12. The number of benzene rings is 1. The van der Waals surface area contributed by atoms with Gasteiger partial charge in [0.25, 0.3) is 5.91 Å². The molecule has 3 heteroatoms. The van der Waals surface area contributed by atoms with E-state index in [1.807, 2.05) is 12.1 Å². The number of nitrogens with two attached hydrogens (primary N) is 1. The van der Waals surface area contributed by atoms with Crippen molar-refractivity contribution in [3.63, 3.8) is 0 Å². The van der Waals surface area contributed by atoms with E-state index in [0.29, 0.717) is 5.75 Å². The van der Waals surface area contributed by atoms with Gasteiger partial charge in [0.2, 0.25) is 0 Å². The lowest BCUT2D eigenvalue weighted by atomic mass is 9.80. The second-order valence-corrected chi connectivity index (χ2v) is 5.62. The number of ether oxygens (including phenoxy) is 1. The number of rotatable bonds is 8. The van der Waals surface area contributed by atoms with Crippen molar-refractivity contribution in [2.45, 2.75) is 51.9 Å². The van der Waals surface area contributed by atoms with Crippen LogP contribution in [0.25, 0.3) is 0 Å². The van der Waals surface area contributed by atoms with Crippen LogP contribution in [-0.4, -0.2) is 12.5 Å². The van der Waals surface area contributed by atoms with Crippen molar-refractivity contribution in [1.29, 1.82) is 0 Å². The highest BCUT2D eigenvalue weighted by Gasteiger charge is 2.19. The molecule has 0 heterocycles. The smallest absolute Gasteiger partial charge is 0.255 e. The first-order valence-electron chi connectivity index (χ1n) is 6.97. The Balaban J connectivity index is 2.61. The van der Waals surface area contributed by atoms with Gasteiger partial charge in [-0.1, -0.05) is 52.2 Å². The van der Waals surface area contributed by atoms with Crippen molar-refractivity contribution >= 4 is 5.91 Å². The molecular weight excluding hydrogens is 238 g/mol. The third kappa shape index (κ3) is 5.33. The molecule has 1 amide bonds. The van der Waals surface area contributed by atoms with Crippen molar-refractivity contribution in [3.05, 3.63) is 29.8 Å². The molecule has 0 radical (unpaired) electrons. The van der Waals surface area contributed by atoms with Crippen LogP contribution >= 0.6 is 0 Å². The minimum absolute atomic E-state index is 0.0702. The van der Waals surface area contributed by atoms with E-state index in [-0.39, 0.29) is 12.0 Å². The fraction of sp³-hybridized carbons (Fsp3) is 0.562. The van der Waals surface area contributed by atoms with Crippen molar-refractivity contribution in [2.75, 3.05) is 6.61 Å². The van der Waals surface area contributed by atoms with Gasteiger partial charge in [-0.2, -0.15) is 0 Å². The Hall–Kier alpha value is -1.51. The van der Waals surface area contributed by atoms with Crippen LogP contribution in [0.15, 0.2) is 24.3 Å². The van der Waals surface area contributed by atoms with Gasteiger partial charge in [-0.05, 0) is 29.5 Å². The SMILES string of the molecule is CCCCCC(C)(C)c1ccc(OCC(N)=O)cc1. The molecule has 0 spiro atoms. The summed E-state index contributed by atoms with van der Waals surface area (Å²) in [6.45, 7) is 6.68. The highest BCUT2D eigenvalue weighted by molar-refractivity contribution is 5.75. The van der Waals surface area contributed by atoms with Crippen LogP contribution in [0.2, 0.25) is 0 Å². The summed E-state index contributed by atoms with van der Waals surface area (Å²) >= 11 is 0. The van der Waals surface area contributed by atoms with E-state index in [1.165, 1.54) is 31.2 Å². The Labute approximate surface area is 116 Å². The van der Waals surface area contributed by atoms with E-state index in [4.69, 9.17) is 10.5 Å². The summed E-state index contributed by atoms with van der Waals surface area (Å²) in [5.74, 6) is 0.232. The molecule has 106 valence electrons. The Morgan fingerprint density at radius 3 is 2.37 bits per heavy atom. The van der Waals surface area contributed by atoms with Gasteiger partial charge in [0.15, 0.2) is 6.61 Å². The van der Waals surface area contributed by atoms with Crippen LogP contribution in [0.1, 0.15) is 52.0 Å². The summed E-state index contributed by atoms with van der Waals surface area (Å²) in [6.07, 6.45) is 4.96. The normalized spacial score (nSPS) is 11.3. The van der Waals surface area contributed by atoms with Crippen molar-refractivity contribution < 1.29 is 9.53 Å². The average Bonchev–Trinajstić information content (AvgIpc) is 2.37. The van der Waals surface area contributed by atoms with Gasteiger partial charge < -0.3 is 10.5 Å². The Bertz CT molecular complexity index is 396. The monoisotopic (exact) mass is 263 g/mol. The van der Waals surface area contributed by atoms with Crippen molar-refractivity contribution in [2.24, 2.45) is 5.73 Å². The predicted molar refractivity (Wildman–Crippen MR) is 78.3 cm³/mol. The van der Waals surface area contributed by atoms with Crippen LogP contribution < -0.4 is 10.5 Å². The maximum Gasteiger partial charge on any atom is 0.255 e. The number of amides is 1. The van der Waals surface area contributed by atoms with Crippen LogP contribution in [0, 0.1) is 0 Å². The summed E-state index contributed by atoms with van der Waals surface area (Å²) in [5.41, 5.74) is 6.52. The minimum Gasteiger partial charge on any atom is -0.484 e. The molecule has 0 unspecified atom stereocenters. The number of hydrogen-bond acceptors (Lipinski definition) is 2. The molecule has 0 saturated carbocycles. The first-order chi connectivity index (χ1) is 8.95. The van der Waals surface area contributed by atoms with E-state index in [0.717, 1.165) is 0 Å². The topological polar surface area (TPSA) is 52.3 Å². The van der Waals surface area contributed by atoms with Crippen LogP contribution in [0.4, 0.5) is 0 Å². The molecule has 0 aliphatic rings. The molecule has 1 aromatic rings. The number of carbonyl (C=O) groups excluding carboxylic acids is 1. The standard InChI is InChI=1S/C16H25NO2/c1-4-5-6-11-16(2,3)13-7-9-14(10-8-13)19-12-15(17)18/h7-10H,4-6,11-12H2,1-3H3,(H2,17,18). The number of carbonyl (C=O) groups is 1. The number of hydrogen-bond donors (Lipinski definition) is 1. The third-order valence-corrected chi connectivity index (χ3v) is 3.42. The first-order valence-corrected chi connectivity index (χ1v) is 6.97. The van der Waals surface area contributed by atoms with Crippen LogP contribution in [0.5, 0.6) is 5.75 Å². The molecule has 1 aromatic carbocycles. The highest BCUT2D eigenvalue weighted by Crippen LogP contribution is 2.30. The molecule has 2 N–H and O–H groups in total. The molecule has 0 fully saturated rings. The Kier molecular flexibility index (Phi) is 5.87. The van der Waals surface area contributed by atoms with Gasteiger partial charge in [0, 0.05) is 0 Å². The average molecular weight is 263 g/mol. The van der Waals surface area contributed by atoms with Gasteiger partial charge in [-0.25, -0.2) is 0 Å². The summed E-state index contributed by atoms with van der Waals surface area (Å²) in [6, 6.07) is 7.95. The molecule has 0 aromatic heterocycles. The lowest BCUT2D eigenvalue weighted by Gasteiger charge is -2.25. The maximum absolute atomic E-state index is 10.6.